The molecule has 4 rings (SSSR count). The zero-order valence-electron chi connectivity index (χ0n) is 17.6. The standard InChI is InChI=1S/C23H34O5/c1-13(24)27-16-7-9-22(3)15(11-16)5-6-17-18(22)8-10-23(4)19(17)12-20(21(23)26)28-14(2)25/h5,16-21,26H,6-12H2,1-4H3. The van der Waals surface area contributed by atoms with Crippen LogP contribution in [0.2, 0.25) is 0 Å². The van der Waals surface area contributed by atoms with Crippen LogP contribution in [0.3, 0.4) is 0 Å². The first-order chi connectivity index (χ1) is 13.1. The quantitative estimate of drug-likeness (QED) is 0.574. The second-order valence-electron chi connectivity index (χ2n) is 10.1. The van der Waals surface area contributed by atoms with E-state index >= 15 is 0 Å². The van der Waals surface area contributed by atoms with Gasteiger partial charge in [-0.15, -0.1) is 0 Å². The Kier molecular flexibility index (Phi) is 4.88. The highest BCUT2D eigenvalue weighted by molar-refractivity contribution is 5.66. The van der Waals surface area contributed by atoms with Crippen LogP contribution in [0.5, 0.6) is 0 Å². The largest absolute Gasteiger partial charge is 0.462 e. The number of aliphatic hydroxyl groups is 1. The number of ether oxygens (including phenoxy) is 2. The molecule has 0 aromatic carbocycles. The van der Waals surface area contributed by atoms with Gasteiger partial charge in [0.05, 0.1) is 6.10 Å². The van der Waals surface area contributed by atoms with Gasteiger partial charge in [0, 0.05) is 25.7 Å². The highest BCUT2D eigenvalue weighted by atomic mass is 16.6. The molecular weight excluding hydrogens is 356 g/mol. The van der Waals surface area contributed by atoms with Crippen LogP contribution in [-0.2, 0) is 19.1 Å². The van der Waals surface area contributed by atoms with Gasteiger partial charge in [-0.1, -0.05) is 25.5 Å². The molecule has 3 saturated carbocycles. The third-order valence-electron chi connectivity index (χ3n) is 8.66. The molecule has 28 heavy (non-hydrogen) atoms. The molecule has 5 nitrogen and oxygen atoms in total. The second kappa shape index (κ2) is 6.86. The lowest BCUT2D eigenvalue weighted by molar-refractivity contribution is -0.154. The minimum absolute atomic E-state index is 0.0175. The van der Waals surface area contributed by atoms with Gasteiger partial charge in [-0.2, -0.15) is 0 Å². The molecule has 3 fully saturated rings. The molecule has 0 saturated heterocycles. The smallest absolute Gasteiger partial charge is 0.302 e. The van der Waals surface area contributed by atoms with E-state index in [2.05, 4.69) is 19.9 Å². The Labute approximate surface area is 167 Å². The van der Waals surface area contributed by atoms with Crippen molar-refractivity contribution in [1.29, 1.82) is 0 Å². The van der Waals surface area contributed by atoms with Crippen LogP contribution in [0, 0.1) is 28.6 Å². The summed E-state index contributed by atoms with van der Waals surface area (Å²) in [5, 5.41) is 11.0. The van der Waals surface area contributed by atoms with Gasteiger partial charge in [0.15, 0.2) is 0 Å². The molecule has 0 spiro atoms. The molecular formula is C23H34O5. The molecule has 8 unspecified atom stereocenters. The summed E-state index contributed by atoms with van der Waals surface area (Å²) in [6, 6.07) is 0. The average molecular weight is 391 g/mol. The van der Waals surface area contributed by atoms with Gasteiger partial charge in [-0.3, -0.25) is 9.59 Å². The van der Waals surface area contributed by atoms with E-state index in [-0.39, 0.29) is 35.0 Å². The van der Waals surface area contributed by atoms with Crippen LogP contribution < -0.4 is 0 Å². The van der Waals surface area contributed by atoms with Gasteiger partial charge in [0.1, 0.15) is 12.2 Å². The van der Waals surface area contributed by atoms with Gasteiger partial charge < -0.3 is 14.6 Å². The lowest BCUT2D eigenvalue weighted by Crippen LogP contribution is -2.51. The van der Waals surface area contributed by atoms with E-state index in [1.807, 2.05) is 0 Å². The molecule has 8 atom stereocenters. The van der Waals surface area contributed by atoms with Crippen molar-refractivity contribution in [2.24, 2.45) is 28.6 Å². The van der Waals surface area contributed by atoms with Gasteiger partial charge in [-0.05, 0) is 61.7 Å². The van der Waals surface area contributed by atoms with Gasteiger partial charge in [0.2, 0.25) is 0 Å². The van der Waals surface area contributed by atoms with E-state index in [4.69, 9.17) is 9.47 Å². The minimum Gasteiger partial charge on any atom is -0.462 e. The number of carbonyl (C=O) groups is 2. The molecule has 4 aliphatic rings. The number of carbonyl (C=O) groups excluding carboxylic acids is 2. The number of hydrogen-bond donors (Lipinski definition) is 1. The van der Waals surface area contributed by atoms with E-state index in [1.54, 1.807) is 0 Å². The first-order valence-corrected chi connectivity index (χ1v) is 10.9. The zero-order chi connectivity index (χ0) is 20.3. The maximum atomic E-state index is 11.5. The van der Waals surface area contributed by atoms with Crippen LogP contribution >= 0.6 is 0 Å². The maximum absolute atomic E-state index is 11.5. The van der Waals surface area contributed by atoms with E-state index < -0.39 is 6.10 Å². The molecule has 0 aromatic heterocycles. The van der Waals surface area contributed by atoms with Gasteiger partial charge in [0.25, 0.3) is 0 Å². The molecule has 0 heterocycles. The van der Waals surface area contributed by atoms with Gasteiger partial charge >= 0.3 is 11.9 Å². The summed E-state index contributed by atoms with van der Waals surface area (Å²) in [6.07, 6.45) is 8.19. The van der Waals surface area contributed by atoms with Crippen LogP contribution in [0.4, 0.5) is 0 Å². The number of aliphatic hydroxyl groups excluding tert-OH is 1. The number of esters is 2. The predicted molar refractivity (Wildman–Crippen MR) is 104 cm³/mol. The normalized spacial score (nSPS) is 47.2. The van der Waals surface area contributed by atoms with Crippen molar-refractivity contribution in [3.05, 3.63) is 11.6 Å². The fraction of sp³-hybridized carbons (Fsp3) is 0.826. The summed E-state index contributed by atoms with van der Waals surface area (Å²) in [4.78, 5) is 22.9. The number of rotatable bonds is 2. The van der Waals surface area contributed by atoms with E-state index in [1.165, 1.54) is 19.4 Å². The molecule has 0 aromatic rings. The molecule has 4 aliphatic carbocycles. The number of allylic oxidation sites excluding steroid dienone is 1. The molecule has 0 amide bonds. The molecule has 0 bridgehead atoms. The fourth-order valence-corrected chi connectivity index (χ4v) is 7.25. The summed E-state index contributed by atoms with van der Waals surface area (Å²) in [5.74, 6) is 1.00. The minimum atomic E-state index is -0.569. The summed E-state index contributed by atoms with van der Waals surface area (Å²) in [5.41, 5.74) is 1.45. The van der Waals surface area contributed by atoms with E-state index in [0.717, 1.165) is 44.9 Å². The lowest BCUT2D eigenvalue weighted by Gasteiger charge is -2.57. The topological polar surface area (TPSA) is 72.8 Å². The Morgan fingerprint density at radius 3 is 2.46 bits per heavy atom. The van der Waals surface area contributed by atoms with Crippen molar-refractivity contribution in [3.63, 3.8) is 0 Å². The molecule has 1 N–H and O–H groups in total. The lowest BCUT2D eigenvalue weighted by atomic mass is 9.48. The van der Waals surface area contributed by atoms with Crippen LogP contribution in [-0.4, -0.2) is 35.4 Å². The van der Waals surface area contributed by atoms with Crippen LogP contribution in [0.25, 0.3) is 0 Å². The van der Waals surface area contributed by atoms with Crippen molar-refractivity contribution in [3.8, 4) is 0 Å². The van der Waals surface area contributed by atoms with Crippen molar-refractivity contribution < 1.29 is 24.2 Å². The maximum Gasteiger partial charge on any atom is 0.302 e. The van der Waals surface area contributed by atoms with E-state index in [9.17, 15) is 14.7 Å². The number of hydrogen-bond acceptors (Lipinski definition) is 5. The Bertz CT molecular complexity index is 699. The SMILES string of the molecule is CC(=O)OC1CCC2(C)C(=CCC3C2CCC2(C)C(O)C(OC(C)=O)CC32)C1. The predicted octanol–water partition coefficient (Wildman–Crippen LogP) is 3.78. The highest BCUT2D eigenvalue weighted by Crippen LogP contribution is 2.65. The van der Waals surface area contributed by atoms with E-state index in [0.29, 0.717) is 17.8 Å². The Hall–Kier alpha value is -1.36. The van der Waals surface area contributed by atoms with Gasteiger partial charge in [-0.25, -0.2) is 0 Å². The van der Waals surface area contributed by atoms with Crippen molar-refractivity contribution in [2.75, 3.05) is 0 Å². The van der Waals surface area contributed by atoms with Crippen LogP contribution in [0.15, 0.2) is 11.6 Å². The second-order valence-corrected chi connectivity index (χ2v) is 10.1. The van der Waals surface area contributed by atoms with Crippen molar-refractivity contribution >= 4 is 11.9 Å². The Morgan fingerprint density at radius 1 is 1.07 bits per heavy atom. The zero-order valence-corrected chi connectivity index (χ0v) is 17.6. The van der Waals surface area contributed by atoms with Crippen molar-refractivity contribution in [2.45, 2.75) is 91.0 Å². The average Bonchev–Trinajstić information content (AvgIpc) is 2.86. The highest BCUT2D eigenvalue weighted by Gasteiger charge is 2.61. The summed E-state index contributed by atoms with van der Waals surface area (Å²) >= 11 is 0. The fourth-order valence-electron chi connectivity index (χ4n) is 7.25. The third-order valence-corrected chi connectivity index (χ3v) is 8.66. The molecule has 0 radical (unpaired) electrons. The third kappa shape index (κ3) is 3.01. The summed E-state index contributed by atoms with van der Waals surface area (Å²) < 4.78 is 11.0. The molecule has 156 valence electrons. The number of fused-ring (bicyclic) bond motifs is 5. The summed E-state index contributed by atoms with van der Waals surface area (Å²) in [7, 11) is 0. The Balaban J connectivity index is 1.57. The van der Waals surface area contributed by atoms with Crippen molar-refractivity contribution in [1.82, 2.24) is 0 Å². The Morgan fingerprint density at radius 2 is 1.79 bits per heavy atom. The molecule has 0 aliphatic heterocycles. The summed E-state index contributed by atoms with van der Waals surface area (Å²) in [6.45, 7) is 7.52. The molecule has 5 heteroatoms. The van der Waals surface area contributed by atoms with Crippen LogP contribution in [0.1, 0.15) is 72.6 Å². The monoisotopic (exact) mass is 390 g/mol. The first-order valence-electron chi connectivity index (χ1n) is 10.9. The first kappa shape index (κ1) is 19.9.